The Balaban J connectivity index is 0.00000289. The summed E-state index contributed by atoms with van der Waals surface area (Å²) in [5.41, 5.74) is 6.74. The second-order valence-corrected chi connectivity index (χ2v) is 4.85. The molecule has 0 radical (unpaired) electrons. The van der Waals surface area contributed by atoms with Crippen LogP contribution in [-0.4, -0.2) is 26.6 Å². The van der Waals surface area contributed by atoms with Crippen LogP contribution < -0.4 is 11.9 Å². The Morgan fingerprint density at radius 1 is 1.50 bits per heavy atom. The Morgan fingerprint density at radius 2 is 2.11 bits per heavy atom. The van der Waals surface area contributed by atoms with E-state index in [4.69, 9.17) is 5.73 Å². The molecular formula is C12H22N4O2. The molecule has 6 heteroatoms. The molecule has 0 atom stereocenters. The molecule has 0 saturated heterocycles. The number of carboxylic acid groups (broad SMARTS) is 1. The molecule has 0 bridgehead atoms. The van der Waals surface area contributed by atoms with Crippen molar-refractivity contribution in [1.82, 2.24) is 16.0 Å². The highest BCUT2D eigenvalue weighted by molar-refractivity contribution is 5.66. The van der Waals surface area contributed by atoms with Crippen LogP contribution in [0.15, 0.2) is 18.3 Å². The summed E-state index contributed by atoms with van der Waals surface area (Å²) < 4.78 is 0. The van der Waals surface area contributed by atoms with E-state index in [1.54, 1.807) is 12.3 Å². The second-order valence-electron chi connectivity index (χ2n) is 4.85. The molecule has 102 valence electrons. The zero-order chi connectivity index (χ0) is 13.1. The standard InChI is InChI=1S/C12H19N3O2.H3N/c1-12(2,3)15(11(16)17)8-10-9(7-13)5-4-6-14-10;/h4-6H,7-8,13H2,1-3H3,(H,16,17);1H3. The van der Waals surface area contributed by atoms with E-state index in [-0.39, 0.29) is 12.7 Å². The topological polar surface area (TPSA) is 114 Å². The molecular weight excluding hydrogens is 232 g/mol. The third-order valence-electron chi connectivity index (χ3n) is 2.55. The van der Waals surface area contributed by atoms with Crippen LogP contribution in [0.3, 0.4) is 0 Å². The Hall–Kier alpha value is -1.66. The summed E-state index contributed by atoms with van der Waals surface area (Å²) in [5.74, 6) is 0. The lowest BCUT2D eigenvalue weighted by molar-refractivity contribution is 0.0945. The van der Waals surface area contributed by atoms with Crippen molar-refractivity contribution >= 4 is 6.09 Å². The monoisotopic (exact) mass is 254 g/mol. The van der Waals surface area contributed by atoms with E-state index in [2.05, 4.69) is 4.98 Å². The molecule has 6 N–H and O–H groups in total. The van der Waals surface area contributed by atoms with Gasteiger partial charge in [-0.05, 0) is 32.4 Å². The number of hydrogen-bond acceptors (Lipinski definition) is 4. The molecule has 6 nitrogen and oxygen atoms in total. The lowest BCUT2D eigenvalue weighted by atomic mass is 10.1. The van der Waals surface area contributed by atoms with Gasteiger partial charge in [-0.3, -0.25) is 9.88 Å². The molecule has 0 aliphatic carbocycles. The summed E-state index contributed by atoms with van der Waals surface area (Å²) in [6.45, 7) is 6.18. The molecule has 0 aromatic carbocycles. The van der Waals surface area contributed by atoms with Gasteiger partial charge in [0.2, 0.25) is 0 Å². The molecule has 0 saturated carbocycles. The second kappa shape index (κ2) is 6.32. The van der Waals surface area contributed by atoms with Gasteiger partial charge in [0.25, 0.3) is 0 Å². The van der Waals surface area contributed by atoms with Gasteiger partial charge in [-0.2, -0.15) is 0 Å². The first-order chi connectivity index (χ1) is 7.86. The first kappa shape index (κ1) is 16.3. The molecule has 0 fully saturated rings. The maximum absolute atomic E-state index is 11.2. The summed E-state index contributed by atoms with van der Waals surface area (Å²) in [6.07, 6.45) is 0.697. The van der Waals surface area contributed by atoms with Crippen molar-refractivity contribution in [2.45, 2.75) is 39.4 Å². The molecule has 0 spiro atoms. The van der Waals surface area contributed by atoms with Crippen LogP contribution in [0.2, 0.25) is 0 Å². The number of nitrogens with zero attached hydrogens (tertiary/aromatic N) is 2. The first-order valence-corrected chi connectivity index (χ1v) is 5.49. The number of pyridine rings is 1. The predicted molar refractivity (Wildman–Crippen MR) is 70.5 cm³/mol. The fourth-order valence-electron chi connectivity index (χ4n) is 1.54. The van der Waals surface area contributed by atoms with Crippen LogP contribution in [0, 0.1) is 0 Å². The largest absolute Gasteiger partial charge is 0.465 e. The van der Waals surface area contributed by atoms with E-state index in [1.807, 2.05) is 26.8 Å². The maximum Gasteiger partial charge on any atom is 0.408 e. The van der Waals surface area contributed by atoms with Gasteiger partial charge in [-0.1, -0.05) is 6.07 Å². The third kappa shape index (κ3) is 3.97. The van der Waals surface area contributed by atoms with Gasteiger partial charge in [0, 0.05) is 18.3 Å². The lowest BCUT2D eigenvalue weighted by Gasteiger charge is -2.33. The van der Waals surface area contributed by atoms with Crippen molar-refractivity contribution in [1.29, 1.82) is 0 Å². The molecule has 0 aliphatic rings. The van der Waals surface area contributed by atoms with Gasteiger partial charge in [0.15, 0.2) is 0 Å². The fourth-order valence-corrected chi connectivity index (χ4v) is 1.54. The first-order valence-electron chi connectivity index (χ1n) is 5.49. The van der Waals surface area contributed by atoms with Gasteiger partial charge in [-0.15, -0.1) is 0 Å². The number of aromatic nitrogens is 1. The van der Waals surface area contributed by atoms with E-state index in [1.165, 1.54) is 4.90 Å². The molecule has 1 aromatic rings. The van der Waals surface area contributed by atoms with Crippen LogP contribution in [0.25, 0.3) is 0 Å². The van der Waals surface area contributed by atoms with E-state index in [9.17, 15) is 9.90 Å². The van der Waals surface area contributed by atoms with Gasteiger partial charge in [-0.25, -0.2) is 4.79 Å². The van der Waals surface area contributed by atoms with Crippen LogP contribution in [0.4, 0.5) is 4.79 Å². The number of nitrogens with two attached hydrogens (primary N) is 1. The van der Waals surface area contributed by atoms with Crippen molar-refractivity contribution < 1.29 is 9.90 Å². The normalized spacial score (nSPS) is 10.7. The zero-order valence-corrected chi connectivity index (χ0v) is 11.2. The van der Waals surface area contributed by atoms with Crippen LogP contribution in [0.1, 0.15) is 32.0 Å². The highest BCUT2D eigenvalue weighted by Gasteiger charge is 2.27. The average Bonchev–Trinajstić information content (AvgIpc) is 2.24. The Bertz CT molecular complexity index is 401. The highest BCUT2D eigenvalue weighted by atomic mass is 16.4. The van der Waals surface area contributed by atoms with Crippen molar-refractivity contribution in [3.05, 3.63) is 29.6 Å². The summed E-state index contributed by atoms with van der Waals surface area (Å²) in [6, 6.07) is 3.67. The van der Waals surface area contributed by atoms with Crippen LogP contribution in [0.5, 0.6) is 0 Å². The van der Waals surface area contributed by atoms with E-state index in [0.717, 1.165) is 5.56 Å². The summed E-state index contributed by atoms with van der Waals surface area (Å²) in [5, 5.41) is 9.20. The lowest BCUT2D eigenvalue weighted by Crippen LogP contribution is -2.44. The Labute approximate surface area is 107 Å². The van der Waals surface area contributed by atoms with Gasteiger partial charge in [0.1, 0.15) is 0 Å². The third-order valence-corrected chi connectivity index (χ3v) is 2.55. The smallest absolute Gasteiger partial charge is 0.408 e. The molecule has 18 heavy (non-hydrogen) atoms. The van der Waals surface area contributed by atoms with Crippen molar-refractivity contribution in [3.8, 4) is 0 Å². The average molecular weight is 254 g/mol. The molecule has 1 heterocycles. The zero-order valence-electron chi connectivity index (χ0n) is 11.2. The van der Waals surface area contributed by atoms with Crippen LogP contribution in [-0.2, 0) is 13.1 Å². The number of hydrogen-bond donors (Lipinski definition) is 3. The van der Waals surface area contributed by atoms with Crippen molar-refractivity contribution in [3.63, 3.8) is 0 Å². The van der Waals surface area contributed by atoms with E-state index >= 15 is 0 Å². The summed E-state index contributed by atoms with van der Waals surface area (Å²) in [7, 11) is 0. The Kier molecular flexibility index (Phi) is 5.74. The van der Waals surface area contributed by atoms with Gasteiger partial charge < -0.3 is 17.0 Å². The molecule has 1 rings (SSSR count). The molecule has 0 aliphatic heterocycles. The quantitative estimate of drug-likeness (QED) is 0.763. The number of rotatable bonds is 3. The predicted octanol–water partition coefficient (Wildman–Crippen LogP) is 1.98. The Morgan fingerprint density at radius 3 is 2.56 bits per heavy atom. The summed E-state index contributed by atoms with van der Waals surface area (Å²) in [4.78, 5) is 16.8. The maximum atomic E-state index is 11.2. The van der Waals surface area contributed by atoms with Gasteiger partial charge in [0.05, 0.1) is 12.2 Å². The van der Waals surface area contributed by atoms with E-state index < -0.39 is 11.6 Å². The van der Waals surface area contributed by atoms with Gasteiger partial charge >= 0.3 is 6.09 Å². The minimum Gasteiger partial charge on any atom is -0.465 e. The van der Waals surface area contributed by atoms with Crippen molar-refractivity contribution in [2.24, 2.45) is 5.73 Å². The number of amides is 1. The highest BCUT2D eigenvalue weighted by Crippen LogP contribution is 2.18. The van der Waals surface area contributed by atoms with E-state index in [0.29, 0.717) is 12.2 Å². The molecule has 1 aromatic heterocycles. The minimum atomic E-state index is -0.953. The number of carbonyl (C=O) groups is 1. The fraction of sp³-hybridized carbons (Fsp3) is 0.500. The van der Waals surface area contributed by atoms with Crippen LogP contribution >= 0.6 is 0 Å². The summed E-state index contributed by atoms with van der Waals surface area (Å²) >= 11 is 0. The van der Waals surface area contributed by atoms with Crippen molar-refractivity contribution in [2.75, 3.05) is 0 Å². The minimum absolute atomic E-state index is 0. The molecule has 1 amide bonds. The molecule has 0 unspecified atom stereocenters. The SMILES string of the molecule is CC(C)(C)N(Cc1ncccc1CN)C(=O)O.N.